The smallest absolute Gasteiger partial charge is 0.189 e. The van der Waals surface area contributed by atoms with Crippen molar-refractivity contribution in [3.63, 3.8) is 0 Å². The summed E-state index contributed by atoms with van der Waals surface area (Å²) in [4.78, 5) is 0. The van der Waals surface area contributed by atoms with Crippen molar-refractivity contribution in [2.24, 2.45) is 0 Å². The van der Waals surface area contributed by atoms with Crippen molar-refractivity contribution >= 4 is 6.21 Å². The first kappa shape index (κ1) is 14.2. The molecule has 4 heteroatoms. The number of ether oxygens (including phenoxy) is 1. The summed E-state index contributed by atoms with van der Waals surface area (Å²) in [6.07, 6.45) is 8.79. The van der Waals surface area contributed by atoms with Gasteiger partial charge in [0.1, 0.15) is 12.7 Å². The maximum absolute atomic E-state index is 11.8. The van der Waals surface area contributed by atoms with Crippen LogP contribution in [0.2, 0.25) is 0 Å². The van der Waals surface area contributed by atoms with Crippen molar-refractivity contribution in [1.29, 1.82) is 0 Å². The summed E-state index contributed by atoms with van der Waals surface area (Å²) in [5.41, 5.74) is -0.792. The second kappa shape index (κ2) is 6.17. The van der Waals surface area contributed by atoms with Gasteiger partial charge < -0.3 is 15.1 Å². The molecule has 0 unspecified atom stereocenters. The van der Waals surface area contributed by atoms with Crippen molar-refractivity contribution in [1.82, 2.24) is 0 Å². The number of hydrogen-bond acceptors (Lipinski definition) is 3. The Balaban J connectivity index is 2.52. The van der Waals surface area contributed by atoms with Gasteiger partial charge in [0.15, 0.2) is 11.8 Å². The fourth-order valence-corrected chi connectivity index (χ4v) is 1.67. The van der Waals surface area contributed by atoms with Crippen molar-refractivity contribution < 1.29 is 14.6 Å². The highest BCUT2D eigenvalue weighted by Crippen LogP contribution is 2.15. The lowest BCUT2D eigenvalue weighted by Crippen LogP contribution is -2.39. The molecule has 98 valence electrons. The largest absolute Gasteiger partial charge is 0.624 e. The Labute approximate surface area is 103 Å². The van der Waals surface area contributed by atoms with E-state index < -0.39 is 5.54 Å². The molecule has 0 aliphatic heterocycles. The first-order valence-corrected chi connectivity index (χ1v) is 6.20. The number of hydroxylamine groups is 1. The highest BCUT2D eigenvalue weighted by atomic mass is 16.5. The molecule has 17 heavy (non-hydrogen) atoms. The van der Waals surface area contributed by atoms with Gasteiger partial charge in [-0.2, -0.15) is 0 Å². The molecule has 1 rings (SSSR count). The highest BCUT2D eigenvalue weighted by molar-refractivity contribution is 5.57. The van der Waals surface area contributed by atoms with Gasteiger partial charge in [-0.05, 0) is 26.2 Å². The zero-order valence-corrected chi connectivity index (χ0v) is 10.9. The van der Waals surface area contributed by atoms with Crippen LogP contribution in [0.4, 0.5) is 0 Å². The Morgan fingerprint density at radius 3 is 2.88 bits per heavy atom. The lowest BCUT2D eigenvalue weighted by Gasteiger charge is -2.24. The summed E-state index contributed by atoms with van der Waals surface area (Å²) in [5.74, 6) is 0. The average Bonchev–Trinajstić information content (AvgIpc) is 2.30. The SMILES string of the molecule is C[C@@H](/C=[N+](\[O-])C(C)(C)CO)O[C@@H]1C=CCCC1. The second-order valence-corrected chi connectivity index (χ2v) is 5.18. The number of aliphatic hydroxyl groups is 1. The third-order valence-corrected chi connectivity index (χ3v) is 2.93. The Morgan fingerprint density at radius 1 is 1.65 bits per heavy atom. The molecule has 0 fully saturated rings. The van der Waals surface area contributed by atoms with Gasteiger partial charge in [0.25, 0.3) is 0 Å². The topological polar surface area (TPSA) is 55.5 Å². The Bertz CT molecular complexity index is 297. The van der Waals surface area contributed by atoms with Crippen molar-refractivity contribution in [2.75, 3.05) is 6.61 Å². The summed E-state index contributed by atoms with van der Waals surface area (Å²) in [6.45, 7) is 5.07. The van der Waals surface area contributed by atoms with Crippen molar-refractivity contribution in [3.05, 3.63) is 17.4 Å². The van der Waals surface area contributed by atoms with Gasteiger partial charge >= 0.3 is 0 Å². The van der Waals surface area contributed by atoms with E-state index in [2.05, 4.69) is 12.2 Å². The van der Waals surface area contributed by atoms with Gasteiger partial charge in [-0.15, -0.1) is 0 Å². The van der Waals surface area contributed by atoms with E-state index in [0.717, 1.165) is 24.0 Å². The lowest BCUT2D eigenvalue weighted by molar-refractivity contribution is -0.542. The fraction of sp³-hybridized carbons (Fsp3) is 0.769. The minimum absolute atomic E-state index is 0.112. The number of allylic oxidation sites excluding steroid dienone is 1. The van der Waals surface area contributed by atoms with Gasteiger partial charge in [0, 0.05) is 13.8 Å². The maximum Gasteiger partial charge on any atom is 0.189 e. The Morgan fingerprint density at radius 2 is 2.35 bits per heavy atom. The molecule has 0 aromatic heterocycles. The van der Waals surface area contributed by atoms with Gasteiger partial charge in [-0.3, -0.25) is 0 Å². The van der Waals surface area contributed by atoms with Crippen LogP contribution in [0.1, 0.15) is 40.0 Å². The zero-order valence-electron chi connectivity index (χ0n) is 10.9. The number of nitrogens with zero attached hydrogens (tertiary/aromatic N) is 1. The fourth-order valence-electron chi connectivity index (χ4n) is 1.67. The summed E-state index contributed by atoms with van der Waals surface area (Å²) < 4.78 is 6.52. The Hall–Kier alpha value is -0.870. The maximum atomic E-state index is 11.8. The quantitative estimate of drug-likeness (QED) is 0.263. The molecule has 0 amide bonds. The minimum Gasteiger partial charge on any atom is -0.624 e. The Kier molecular flexibility index (Phi) is 5.15. The molecule has 0 aromatic carbocycles. The van der Waals surface area contributed by atoms with Crippen LogP contribution >= 0.6 is 0 Å². The third-order valence-electron chi connectivity index (χ3n) is 2.93. The summed E-state index contributed by atoms with van der Waals surface area (Å²) in [5, 5.41) is 20.8. The van der Waals surface area contributed by atoms with Crippen molar-refractivity contribution in [2.45, 2.75) is 57.8 Å². The van der Waals surface area contributed by atoms with E-state index in [1.165, 1.54) is 6.21 Å². The number of hydrogen-bond donors (Lipinski definition) is 1. The predicted octanol–water partition coefficient (Wildman–Crippen LogP) is 1.85. The van der Waals surface area contributed by atoms with Crippen LogP contribution in [0.15, 0.2) is 12.2 Å². The third kappa shape index (κ3) is 4.48. The zero-order chi connectivity index (χ0) is 12.9. The summed E-state index contributed by atoms with van der Waals surface area (Å²) in [7, 11) is 0. The van der Waals surface area contributed by atoms with Gasteiger partial charge in [-0.25, -0.2) is 4.74 Å². The van der Waals surface area contributed by atoms with E-state index in [-0.39, 0.29) is 18.8 Å². The summed E-state index contributed by atoms with van der Waals surface area (Å²) in [6, 6.07) is 0. The normalized spacial score (nSPS) is 23.8. The monoisotopic (exact) mass is 241 g/mol. The van der Waals surface area contributed by atoms with Crippen LogP contribution in [0, 0.1) is 5.21 Å². The molecule has 2 atom stereocenters. The van der Waals surface area contributed by atoms with Crippen LogP contribution in [0.5, 0.6) is 0 Å². The van der Waals surface area contributed by atoms with Gasteiger partial charge in [-0.1, -0.05) is 12.2 Å². The molecule has 0 bridgehead atoms. The average molecular weight is 241 g/mol. The predicted molar refractivity (Wildman–Crippen MR) is 68.2 cm³/mol. The molecule has 0 heterocycles. The molecular weight excluding hydrogens is 218 g/mol. The second-order valence-electron chi connectivity index (χ2n) is 5.18. The van der Waals surface area contributed by atoms with Crippen molar-refractivity contribution in [3.8, 4) is 0 Å². The molecule has 1 N–H and O–H groups in total. The van der Waals surface area contributed by atoms with Crippen LogP contribution in [-0.2, 0) is 4.74 Å². The van der Waals surface area contributed by atoms with Crippen LogP contribution < -0.4 is 0 Å². The molecule has 1 aliphatic rings. The highest BCUT2D eigenvalue weighted by Gasteiger charge is 2.26. The lowest BCUT2D eigenvalue weighted by atomic mass is 10.1. The standard InChI is InChI=1S/C13H23NO3/c1-11(9-14(16)13(2,3)10-15)17-12-7-5-4-6-8-12/h5,7,9,11-12,15H,4,6,8,10H2,1-3H3/b14-9-/t11-,12+/m0/s1. The molecule has 1 aliphatic carbocycles. The van der Waals surface area contributed by atoms with E-state index in [0.29, 0.717) is 0 Å². The van der Waals surface area contributed by atoms with E-state index >= 15 is 0 Å². The molecule has 4 nitrogen and oxygen atoms in total. The molecular formula is C13H23NO3. The first-order chi connectivity index (χ1) is 7.95. The number of aliphatic hydroxyl groups excluding tert-OH is 1. The molecule has 0 aromatic rings. The number of rotatable bonds is 5. The first-order valence-electron chi connectivity index (χ1n) is 6.20. The van der Waals surface area contributed by atoms with E-state index in [1.807, 2.05) is 6.92 Å². The molecule has 0 saturated heterocycles. The molecule has 0 saturated carbocycles. The van der Waals surface area contributed by atoms with Gasteiger partial charge in [0.2, 0.25) is 0 Å². The van der Waals surface area contributed by atoms with Crippen LogP contribution in [0.25, 0.3) is 0 Å². The minimum atomic E-state index is -0.792. The summed E-state index contributed by atoms with van der Waals surface area (Å²) >= 11 is 0. The van der Waals surface area contributed by atoms with Gasteiger partial charge in [0.05, 0.1) is 6.10 Å². The molecule has 0 radical (unpaired) electrons. The van der Waals surface area contributed by atoms with E-state index in [9.17, 15) is 5.21 Å². The van der Waals surface area contributed by atoms with Crippen LogP contribution in [0.3, 0.4) is 0 Å². The van der Waals surface area contributed by atoms with Crippen LogP contribution in [-0.4, -0.2) is 40.4 Å². The van der Waals surface area contributed by atoms with E-state index in [4.69, 9.17) is 9.84 Å². The van der Waals surface area contributed by atoms with E-state index in [1.54, 1.807) is 13.8 Å². The molecule has 0 spiro atoms.